The lowest BCUT2D eigenvalue weighted by Crippen LogP contribution is -2.00. The highest BCUT2D eigenvalue weighted by molar-refractivity contribution is 6.30. The van der Waals surface area contributed by atoms with Gasteiger partial charge in [-0.05, 0) is 29.8 Å². The number of hydrogen-bond acceptors (Lipinski definition) is 3. The lowest BCUT2D eigenvalue weighted by atomic mass is 10.2. The number of ether oxygens (including phenoxy) is 1. The van der Waals surface area contributed by atoms with Crippen LogP contribution in [0.4, 0.5) is 5.69 Å². The maximum Gasteiger partial charge on any atom is 0.174 e. The average Bonchev–Trinajstić information content (AvgIpc) is 2.45. The number of anilines is 1. The number of halogens is 1. The second-order valence-corrected chi connectivity index (χ2v) is 4.39. The Morgan fingerprint density at radius 1 is 1.16 bits per heavy atom. The van der Waals surface area contributed by atoms with E-state index in [2.05, 4.69) is 5.32 Å². The summed E-state index contributed by atoms with van der Waals surface area (Å²) in [4.78, 5) is 0. The number of nitrogens with one attached hydrogen (secondary N) is 1. The molecule has 0 aliphatic rings. The third kappa shape index (κ3) is 4.20. The largest absolute Gasteiger partial charge is 0.479 e. The van der Waals surface area contributed by atoms with Crippen LogP contribution in [0.2, 0.25) is 5.02 Å². The van der Waals surface area contributed by atoms with Crippen LogP contribution in [0.5, 0.6) is 5.75 Å². The Morgan fingerprint density at radius 2 is 1.95 bits per heavy atom. The van der Waals surface area contributed by atoms with Gasteiger partial charge in [0.15, 0.2) is 6.61 Å². The van der Waals surface area contributed by atoms with Crippen LogP contribution in [0.3, 0.4) is 0 Å². The Bertz CT molecular complexity index is 575. The third-order valence-corrected chi connectivity index (χ3v) is 2.80. The Balaban J connectivity index is 1.95. The molecule has 4 heteroatoms. The van der Waals surface area contributed by atoms with Gasteiger partial charge in [0, 0.05) is 23.3 Å². The summed E-state index contributed by atoms with van der Waals surface area (Å²) in [5.74, 6) is 0.683. The molecular formula is C15H13ClN2O. The molecule has 0 atom stereocenters. The first kappa shape index (κ1) is 13.3. The topological polar surface area (TPSA) is 45.0 Å². The van der Waals surface area contributed by atoms with Gasteiger partial charge in [-0.2, -0.15) is 5.26 Å². The highest BCUT2D eigenvalue weighted by Crippen LogP contribution is 2.18. The summed E-state index contributed by atoms with van der Waals surface area (Å²) >= 11 is 5.83. The zero-order valence-electron chi connectivity index (χ0n) is 10.3. The molecule has 2 aromatic carbocycles. The molecule has 0 bridgehead atoms. The van der Waals surface area contributed by atoms with Crippen LogP contribution >= 0.6 is 11.6 Å². The summed E-state index contributed by atoms with van der Waals surface area (Å²) in [7, 11) is 0. The Hall–Kier alpha value is -2.18. The fraction of sp³-hybridized carbons (Fsp3) is 0.133. The first-order valence-electron chi connectivity index (χ1n) is 5.86. The molecule has 0 aromatic heterocycles. The maximum atomic E-state index is 8.47. The van der Waals surface area contributed by atoms with E-state index in [4.69, 9.17) is 21.6 Å². The van der Waals surface area contributed by atoms with Crippen LogP contribution in [0.1, 0.15) is 5.56 Å². The van der Waals surface area contributed by atoms with Crippen molar-refractivity contribution in [3.8, 4) is 11.8 Å². The molecule has 2 aromatic rings. The molecule has 0 fully saturated rings. The van der Waals surface area contributed by atoms with Crippen molar-refractivity contribution < 1.29 is 4.74 Å². The highest BCUT2D eigenvalue weighted by atomic mass is 35.5. The summed E-state index contributed by atoms with van der Waals surface area (Å²) in [5, 5.41) is 12.5. The van der Waals surface area contributed by atoms with Gasteiger partial charge in [-0.15, -0.1) is 0 Å². The molecule has 1 N–H and O–H groups in total. The molecule has 0 saturated heterocycles. The average molecular weight is 273 g/mol. The van der Waals surface area contributed by atoms with Crippen LogP contribution in [-0.2, 0) is 6.54 Å². The SMILES string of the molecule is N#CCOc1cccc(NCc2ccc(Cl)cc2)c1. The zero-order valence-corrected chi connectivity index (χ0v) is 11.0. The Labute approximate surface area is 117 Å². The summed E-state index contributed by atoms with van der Waals surface area (Å²) in [5.41, 5.74) is 2.10. The molecule has 19 heavy (non-hydrogen) atoms. The van der Waals surface area contributed by atoms with Gasteiger partial charge in [-0.1, -0.05) is 29.8 Å². The van der Waals surface area contributed by atoms with Crippen LogP contribution in [-0.4, -0.2) is 6.61 Å². The maximum absolute atomic E-state index is 8.47. The lowest BCUT2D eigenvalue weighted by Gasteiger charge is -2.08. The Morgan fingerprint density at radius 3 is 2.68 bits per heavy atom. The molecule has 2 rings (SSSR count). The van der Waals surface area contributed by atoms with Gasteiger partial charge in [0.2, 0.25) is 0 Å². The molecule has 0 spiro atoms. The quantitative estimate of drug-likeness (QED) is 0.899. The predicted octanol–water partition coefficient (Wildman–Crippen LogP) is 3.85. The van der Waals surface area contributed by atoms with Gasteiger partial charge in [-0.3, -0.25) is 0 Å². The van der Waals surface area contributed by atoms with Crippen molar-refractivity contribution in [1.82, 2.24) is 0 Å². The molecule has 0 saturated carbocycles. The van der Waals surface area contributed by atoms with Crippen LogP contribution in [0, 0.1) is 11.3 Å². The van der Waals surface area contributed by atoms with Gasteiger partial charge in [0.1, 0.15) is 11.8 Å². The fourth-order valence-electron chi connectivity index (χ4n) is 1.62. The smallest absolute Gasteiger partial charge is 0.174 e. The zero-order chi connectivity index (χ0) is 13.5. The van der Waals surface area contributed by atoms with Crippen LogP contribution in [0.25, 0.3) is 0 Å². The minimum absolute atomic E-state index is 0.0562. The highest BCUT2D eigenvalue weighted by Gasteiger charge is 1.97. The molecule has 96 valence electrons. The summed E-state index contributed by atoms with van der Waals surface area (Å²) in [6.45, 7) is 0.763. The molecule has 0 unspecified atom stereocenters. The van der Waals surface area contributed by atoms with Crippen molar-refractivity contribution in [3.05, 3.63) is 59.1 Å². The van der Waals surface area contributed by atoms with Gasteiger partial charge >= 0.3 is 0 Å². The number of benzene rings is 2. The van der Waals surface area contributed by atoms with Crippen molar-refractivity contribution >= 4 is 17.3 Å². The fourth-order valence-corrected chi connectivity index (χ4v) is 1.74. The van der Waals surface area contributed by atoms with E-state index in [1.165, 1.54) is 0 Å². The van der Waals surface area contributed by atoms with E-state index in [-0.39, 0.29) is 6.61 Å². The van der Waals surface area contributed by atoms with Crippen LogP contribution < -0.4 is 10.1 Å². The molecular weight excluding hydrogens is 260 g/mol. The molecule has 0 aliphatic carbocycles. The van der Waals surface area contributed by atoms with Crippen molar-refractivity contribution in [2.75, 3.05) is 11.9 Å². The van der Waals surface area contributed by atoms with Crippen molar-refractivity contribution in [1.29, 1.82) is 5.26 Å². The lowest BCUT2D eigenvalue weighted by molar-refractivity contribution is 0.368. The number of nitrogens with zero attached hydrogens (tertiary/aromatic N) is 1. The first-order chi connectivity index (χ1) is 9.28. The molecule has 0 heterocycles. The van der Waals surface area contributed by atoms with E-state index in [0.717, 1.165) is 16.3 Å². The van der Waals surface area contributed by atoms with E-state index in [1.807, 2.05) is 54.6 Å². The minimum Gasteiger partial charge on any atom is -0.479 e. The first-order valence-corrected chi connectivity index (χ1v) is 6.24. The van der Waals surface area contributed by atoms with Crippen molar-refractivity contribution in [2.45, 2.75) is 6.54 Å². The summed E-state index contributed by atoms with van der Waals surface area (Å²) in [6.07, 6.45) is 0. The molecule has 3 nitrogen and oxygen atoms in total. The van der Waals surface area contributed by atoms with Gasteiger partial charge < -0.3 is 10.1 Å². The van der Waals surface area contributed by atoms with Crippen LogP contribution in [0.15, 0.2) is 48.5 Å². The minimum atomic E-state index is 0.0562. The second-order valence-electron chi connectivity index (χ2n) is 3.95. The van der Waals surface area contributed by atoms with Crippen molar-refractivity contribution in [3.63, 3.8) is 0 Å². The molecule has 0 aliphatic heterocycles. The summed E-state index contributed by atoms with van der Waals surface area (Å²) < 4.78 is 5.25. The Kier molecular flexibility index (Phi) is 4.66. The monoisotopic (exact) mass is 272 g/mol. The number of rotatable bonds is 5. The predicted molar refractivity (Wildman–Crippen MR) is 76.3 cm³/mol. The van der Waals surface area contributed by atoms with E-state index < -0.39 is 0 Å². The number of hydrogen-bond donors (Lipinski definition) is 1. The van der Waals surface area contributed by atoms with Gasteiger partial charge in [0.05, 0.1) is 0 Å². The second kappa shape index (κ2) is 6.67. The standard InChI is InChI=1S/C15H13ClN2O/c16-13-6-4-12(5-7-13)11-18-14-2-1-3-15(10-14)19-9-8-17/h1-7,10,18H,9,11H2. The number of nitriles is 1. The van der Waals surface area contributed by atoms with Gasteiger partial charge in [-0.25, -0.2) is 0 Å². The third-order valence-electron chi connectivity index (χ3n) is 2.55. The molecule has 0 amide bonds. The van der Waals surface area contributed by atoms with E-state index >= 15 is 0 Å². The normalized spacial score (nSPS) is 9.68. The van der Waals surface area contributed by atoms with E-state index in [1.54, 1.807) is 0 Å². The molecule has 0 radical (unpaired) electrons. The van der Waals surface area contributed by atoms with E-state index in [9.17, 15) is 0 Å². The summed E-state index contributed by atoms with van der Waals surface area (Å²) in [6, 6.07) is 17.2. The van der Waals surface area contributed by atoms with Crippen molar-refractivity contribution in [2.24, 2.45) is 0 Å². The van der Waals surface area contributed by atoms with E-state index in [0.29, 0.717) is 12.3 Å². The van der Waals surface area contributed by atoms with Gasteiger partial charge in [0.25, 0.3) is 0 Å².